The van der Waals surface area contributed by atoms with Crippen LogP contribution in [-0.2, 0) is 4.79 Å². The topological polar surface area (TPSA) is 53.8 Å². The SMILES string of the molecule is O=C(/C=C/c1ccsc1)N1CCC2(CC1)CCN(C(=O)c1ccc(Br)o1)C2. The van der Waals surface area contributed by atoms with Gasteiger partial charge in [0.05, 0.1) is 0 Å². The Morgan fingerprint density at radius 2 is 1.85 bits per heavy atom. The van der Waals surface area contributed by atoms with Gasteiger partial charge in [0.25, 0.3) is 5.91 Å². The van der Waals surface area contributed by atoms with Gasteiger partial charge < -0.3 is 14.2 Å². The molecule has 2 aromatic heterocycles. The molecule has 4 heterocycles. The highest BCUT2D eigenvalue weighted by Gasteiger charge is 2.43. The van der Waals surface area contributed by atoms with Crippen molar-refractivity contribution in [1.29, 1.82) is 0 Å². The van der Waals surface area contributed by atoms with Crippen LogP contribution in [0.15, 0.2) is 44.1 Å². The smallest absolute Gasteiger partial charge is 0.289 e. The summed E-state index contributed by atoms with van der Waals surface area (Å²) in [4.78, 5) is 28.8. The van der Waals surface area contributed by atoms with Gasteiger partial charge in [0.2, 0.25) is 5.91 Å². The highest BCUT2D eigenvalue weighted by atomic mass is 79.9. The summed E-state index contributed by atoms with van der Waals surface area (Å²) in [5, 5.41) is 4.03. The highest BCUT2D eigenvalue weighted by molar-refractivity contribution is 9.10. The molecule has 0 N–H and O–H groups in total. The van der Waals surface area contributed by atoms with Crippen LogP contribution in [0.2, 0.25) is 0 Å². The molecule has 27 heavy (non-hydrogen) atoms. The van der Waals surface area contributed by atoms with Gasteiger partial charge in [-0.15, -0.1) is 0 Å². The van der Waals surface area contributed by atoms with Gasteiger partial charge in [-0.3, -0.25) is 9.59 Å². The van der Waals surface area contributed by atoms with E-state index in [1.54, 1.807) is 29.5 Å². The number of halogens is 1. The normalized spacial score (nSPS) is 19.3. The van der Waals surface area contributed by atoms with Crippen LogP contribution < -0.4 is 0 Å². The first-order valence-corrected chi connectivity index (χ1v) is 10.8. The lowest BCUT2D eigenvalue weighted by molar-refractivity contribution is -0.128. The zero-order chi connectivity index (χ0) is 18.9. The van der Waals surface area contributed by atoms with Gasteiger partial charge in [0, 0.05) is 32.3 Å². The third kappa shape index (κ3) is 4.04. The molecule has 0 unspecified atom stereocenters. The molecular formula is C20H21BrN2O3S. The molecule has 0 aliphatic carbocycles. The molecule has 2 amide bonds. The minimum atomic E-state index is -0.0465. The summed E-state index contributed by atoms with van der Waals surface area (Å²) in [5.74, 6) is 0.405. The molecule has 2 aliphatic rings. The van der Waals surface area contributed by atoms with Gasteiger partial charge in [-0.2, -0.15) is 11.3 Å². The van der Waals surface area contributed by atoms with Crippen LogP contribution in [0.3, 0.4) is 0 Å². The van der Waals surface area contributed by atoms with Gasteiger partial charge in [0.15, 0.2) is 10.4 Å². The van der Waals surface area contributed by atoms with E-state index in [1.807, 2.05) is 32.7 Å². The maximum atomic E-state index is 12.6. The third-order valence-electron chi connectivity index (χ3n) is 5.61. The lowest BCUT2D eigenvalue weighted by atomic mass is 9.78. The molecule has 2 aromatic rings. The maximum Gasteiger partial charge on any atom is 0.289 e. The van der Waals surface area contributed by atoms with E-state index < -0.39 is 0 Å². The predicted octanol–water partition coefficient (Wildman–Crippen LogP) is 4.27. The number of hydrogen-bond acceptors (Lipinski definition) is 4. The molecule has 2 fully saturated rings. The van der Waals surface area contributed by atoms with Crippen molar-refractivity contribution in [3.8, 4) is 0 Å². The number of carbonyl (C=O) groups excluding carboxylic acids is 2. The number of nitrogens with zero attached hydrogens (tertiary/aromatic N) is 2. The van der Waals surface area contributed by atoms with E-state index in [-0.39, 0.29) is 17.2 Å². The molecule has 0 atom stereocenters. The van der Waals surface area contributed by atoms with Crippen molar-refractivity contribution < 1.29 is 14.0 Å². The maximum absolute atomic E-state index is 12.6. The molecule has 2 aliphatic heterocycles. The number of likely N-dealkylation sites (tertiary alicyclic amines) is 2. The van der Waals surface area contributed by atoms with E-state index in [0.29, 0.717) is 10.4 Å². The van der Waals surface area contributed by atoms with Crippen molar-refractivity contribution in [2.75, 3.05) is 26.2 Å². The molecule has 4 rings (SSSR count). The van der Waals surface area contributed by atoms with Crippen LogP contribution in [0.25, 0.3) is 6.08 Å². The van der Waals surface area contributed by atoms with Crippen LogP contribution in [0.5, 0.6) is 0 Å². The van der Waals surface area contributed by atoms with Crippen molar-refractivity contribution in [3.63, 3.8) is 0 Å². The second-order valence-electron chi connectivity index (χ2n) is 7.30. The van der Waals surface area contributed by atoms with E-state index in [1.165, 1.54) is 0 Å². The fraction of sp³-hybridized carbons (Fsp3) is 0.400. The second-order valence-corrected chi connectivity index (χ2v) is 8.86. The second kappa shape index (κ2) is 7.64. The van der Waals surface area contributed by atoms with Crippen molar-refractivity contribution in [3.05, 3.63) is 51.0 Å². The lowest BCUT2D eigenvalue weighted by Crippen LogP contribution is -2.44. The van der Waals surface area contributed by atoms with Crippen LogP contribution in [-0.4, -0.2) is 47.8 Å². The van der Waals surface area contributed by atoms with Crippen LogP contribution in [0.4, 0.5) is 0 Å². The Hall–Kier alpha value is -1.86. The van der Waals surface area contributed by atoms with E-state index in [0.717, 1.165) is 51.0 Å². The Bertz CT molecular complexity index is 850. The fourth-order valence-corrected chi connectivity index (χ4v) is 4.88. The first kappa shape index (κ1) is 18.5. The van der Waals surface area contributed by atoms with Crippen molar-refractivity contribution >= 4 is 45.2 Å². The van der Waals surface area contributed by atoms with Crippen LogP contribution >= 0.6 is 27.3 Å². The minimum Gasteiger partial charge on any atom is -0.444 e. The first-order valence-electron chi connectivity index (χ1n) is 9.09. The average Bonchev–Trinajstić information content (AvgIpc) is 3.41. The summed E-state index contributed by atoms with van der Waals surface area (Å²) in [5.41, 5.74) is 1.20. The summed E-state index contributed by atoms with van der Waals surface area (Å²) in [6, 6.07) is 5.45. The zero-order valence-electron chi connectivity index (χ0n) is 14.9. The Labute approximate surface area is 170 Å². The minimum absolute atomic E-state index is 0.0465. The average molecular weight is 449 g/mol. The predicted molar refractivity (Wildman–Crippen MR) is 109 cm³/mol. The summed E-state index contributed by atoms with van der Waals surface area (Å²) >= 11 is 4.87. The highest BCUT2D eigenvalue weighted by Crippen LogP contribution is 2.41. The molecule has 0 radical (unpaired) electrons. The van der Waals surface area contributed by atoms with Crippen molar-refractivity contribution in [2.45, 2.75) is 19.3 Å². The molecule has 0 saturated carbocycles. The van der Waals surface area contributed by atoms with E-state index >= 15 is 0 Å². The molecular weight excluding hydrogens is 428 g/mol. The number of amides is 2. The van der Waals surface area contributed by atoms with Crippen LogP contribution in [0.1, 0.15) is 35.4 Å². The lowest BCUT2D eigenvalue weighted by Gasteiger charge is -2.38. The van der Waals surface area contributed by atoms with E-state index in [2.05, 4.69) is 15.9 Å². The Kier molecular flexibility index (Phi) is 5.23. The van der Waals surface area contributed by atoms with Crippen molar-refractivity contribution in [2.24, 2.45) is 5.41 Å². The quantitative estimate of drug-likeness (QED) is 0.658. The molecule has 142 valence electrons. The third-order valence-corrected chi connectivity index (χ3v) is 6.73. The summed E-state index contributed by atoms with van der Waals surface area (Å²) in [6.07, 6.45) is 6.42. The number of thiophene rings is 1. The van der Waals surface area contributed by atoms with Crippen molar-refractivity contribution in [1.82, 2.24) is 9.80 Å². The molecule has 1 spiro atoms. The molecule has 5 nitrogen and oxygen atoms in total. The first-order chi connectivity index (χ1) is 13.0. The van der Waals surface area contributed by atoms with Gasteiger partial charge in [-0.1, -0.05) is 0 Å². The van der Waals surface area contributed by atoms with E-state index in [4.69, 9.17) is 4.42 Å². The largest absolute Gasteiger partial charge is 0.444 e. The number of carbonyl (C=O) groups is 2. The Balaban J connectivity index is 1.32. The standard InChI is InChI=1S/C20H21BrN2O3S/c21-17-3-2-16(26-17)19(25)23-11-8-20(14-23)6-9-22(10-7-20)18(24)4-1-15-5-12-27-13-15/h1-5,12-13H,6-11,14H2/b4-1+. The van der Waals surface area contributed by atoms with Gasteiger partial charge in [0.1, 0.15) is 0 Å². The Morgan fingerprint density at radius 1 is 1.11 bits per heavy atom. The molecule has 7 heteroatoms. The molecule has 2 saturated heterocycles. The fourth-order valence-electron chi connectivity index (χ4n) is 3.95. The summed E-state index contributed by atoms with van der Waals surface area (Å²) in [7, 11) is 0. The van der Waals surface area contributed by atoms with E-state index in [9.17, 15) is 9.59 Å². The number of hydrogen-bond donors (Lipinski definition) is 0. The molecule has 0 aromatic carbocycles. The monoisotopic (exact) mass is 448 g/mol. The molecule has 0 bridgehead atoms. The summed E-state index contributed by atoms with van der Waals surface area (Å²) < 4.78 is 5.98. The van der Waals surface area contributed by atoms with Gasteiger partial charge in [-0.05, 0) is 81.2 Å². The zero-order valence-corrected chi connectivity index (χ0v) is 17.3. The van der Waals surface area contributed by atoms with Gasteiger partial charge in [-0.25, -0.2) is 0 Å². The number of rotatable bonds is 3. The summed E-state index contributed by atoms with van der Waals surface area (Å²) in [6.45, 7) is 3.00. The number of piperidine rings is 1. The van der Waals surface area contributed by atoms with Gasteiger partial charge >= 0.3 is 0 Å². The van der Waals surface area contributed by atoms with Crippen LogP contribution in [0, 0.1) is 5.41 Å². The number of furan rings is 1. The Morgan fingerprint density at radius 3 is 2.48 bits per heavy atom.